The lowest BCUT2D eigenvalue weighted by Crippen LogP contribution is -2.33. The number of hydrogen-bond donors (Lipinski definition) is 1. The van der Waals surface area contributed by atoms with Crippen LogP contribution in [0, 0.1) is 0 Å². The maximum atomic E-state index is 13.4. The lowest BCUT2D eigenvalue weighted by atomic mass is 10.3. The van der Waals surface area contributed by atoms with Crippen molar-refractivity contribution < 1.29 is 48.3 Å². The monoisotopic (exact) mass is 550 g/mol. The molecule has 0 aromatic carbocycles. The average Bonchev–Trinajstić information content (AvgIpc) is 3.42. The van der Waals surface area contributed by atoms with E-state index in [-0.39, 0.29) is 17.0 Å². The van der Waals surface area contributed by atoms with E-state index in [1.54, 1.807) is 0 Å². The SMILES string of the molecule is CCS(=O)(=O)c1cc(-n2ccc(C(F)(F)F)n2)cnc1C(=O)Nc1nnc(C(F)(F)C(F)(F)F)s1. The molecule has 0 atom stereocenters. The number of nitrogens with one attached hydrogen (secondary N) is 1. The van der Waals surface area contributed by atoms with Gasteiger partial charge >= 0.3 is 18.3 Å². The van der Waals surface area contributed by atoms with Crippen molar-refractivity contribution in [3.05, 3.63) is 40.9 Å². The summed E-state index contributed by atoms with van der Waals surface area (Å²) in [7, 11) is -4.24. The van der Waals surface area contributed by atoms with Gasteiger partial charge in [0.25, 0.3) is 5.91 Å². The van der Waals surface area contributed by atoms with E-state index in [1.807, 2.05) is 5.32 Å². The summed E-state index contributed by atoms with van der Waals surface area (Å²) in [6.07, 6.45) is -9.10. The van der Waals surface area contributed by atoms with E-state index in [0.29, 0.717) is 10.7 Å². The van der Waals surface area contributed by atoms with E-state index < -0.39 is 66.2 Å². The molecule has 0 saturated heterocycles. The zero-order valence-corrected chi connectivity index (χ0v) is 18.5. The summed E-state index contributed by atoms with van der Waals surface area (Å²) in [5.41, 5.74) is -2.38. The van der Waals surface area contributed by atoms with Crippen LogP contribution >= 0.6 is 11.3 Å². The number of hydrogen-bond acceptors (Lipinski definition) is 8. The molecule has 0 unspecified atom stereocenters. The van der Waals surface area contributed by atoms with E-state index in [0.717, 1.165) is 18.5 Å². The number of carbonyl (C=O) groups is 1. The molecule has 0 saturated carbocycles. The predicted octanol–water partition coefficient (Wildman–Crippen LogP) is 3.84. The minimum atomic E-state index is -5.98. The van der Waals surface area contributed by atoms with Crippen LogP contribution in [-0.4, -0.2) is 51.2 Å². The van der Waals surface area contributed by atoms with E-state index in [1.165, 1.54) is 6.92 Å². The fourth-order valence-corrected chi connectivity index (χ4v) is 4.21. The van der Waals surface area contributed by atoms with Gasteiger partial charge in [0, 0.05) is 6.20 Å². The third-order valence-electron chi connectivity index (χ3n) is 4.18. The standard InChI is InChI=1S/C16H10F8N6O3S2/c1-2-35(32,33)8-5-7(30-4-3-9(29-30)15(19,20)21)6-25-10(8)11(31)26-13-28-27-12(34-13)14(17,18)16(22,23)24/h3-6H,2H2,1H3,(H,26,28,31). The van der Waals surface area contributed by atoms with Gasteiger partial charge in [-0.05, 0) is 12.1 Å². The van der Waals surface area contributed by atoms with Crippen molar-refractivity contribution >= 4 is 32.2 Å². The van der Waals surface area contributed by atoms with Gasteiger partial charge in [-0.2, -0.15) is 40.2 Å². The van der Waals surface area contributed by atoms with Crippen LogP contribution in [0.2, 0.25) is 0 Å². The van der Waals surface area contributed by atoms with Gasteiger partial charge in [-0.3, -0.25) is 10.1 Å². The Morgan fingerprint density at radius 2 is 1.77 bits per heavy atom. The molecule has 1 amide bonds. The summed E-state index contributed by atoms with van der Waals surface area (Å²) < 4.78 is 128. The topological polar surface area (TPSA) is 120 Å². The maximum absolute atomic E-state index is 13.4. The minimum Gasteiger partial charge on any atom is -0.295 e. The van der Waals surface area contributed by atoms with Gasteiger partial charge < -0.3 is 0 Å². The highest BCUT2D eigenvalue weighted by Gasteiger charge is 2.61. The molecular weight excluding hydrogens is 540 g/mol. The first-order valence-electron chi connectivity index (χ1n) is 8.93. The molecule has 3 aromatic rings. The Labute approximate surface area is 193 Å². The normalized spacial score (nSPS) is 13.2. The number of halogens is 8. The molecule has 0 radical (unpaired) electrons. The number of carbonyl (C=O) groups excluding carboxylic acids is 1. The number of pyridine rings is 1. The molecule has 19 heteroatoms. The molecule has 0 bridgehead atoms. The Bertz CT molecular complexity index is 1360. The third-order valence-corrected chi connectivity index (χ3v) is 6.83. The fraction of sp³-hybridized carbons (Fsp3) is 0.312. The number of alkyl halides is 8. The van der Waals surface area contributed by atoms with Crippen LogP contribution in [0.4, 0.5) is 40.3 Å². The molecule has 3 heterocycles. The van der Waals surface area contributed by atoms with Crippen LogP contribution in [0.25, 0.3) is 5.69 Å². The lowest BCUT2D eigenvalue weighted by Gasteiger charge is -2.15. The summed E-state index contributed by atoms with van der Waals surface area (Å²) in [5.74, 6) is -7.30. The number of aromatic nitrogens is 5. The van der Waals surface area contributed by atoms with Crippen molar-refractivity contribution in [3.8, 4) is 5.69 Å². The summed E-state index contributed by atoms with van der Waals surface area (Å²) in [5, 5.41) is 8.23. The second kappa shape index (κ2) is 8.77. The molecule has 0 spiro atoms. The van der Waals surface area contributed by atoms with Crippen LogP contribution < -0.4 is 5.32 Å². The van der Waals surface area contributed by atoms with Crippen molar-refractivity contribution in [1.29, 1.82) is 0 Å². The highest BCUT2D eigenvalue weighted by molar-refractivity contribution is 7.91. The quantitative estimate of drug-likeness (QED) is 0.463. The van der Waals surface area contributed by atoms with Gasteiger partial charge in [0.05, 0.1) is 17.6 Å². The number of nitrogens with zero attached hydrogens (tertiary/aromatic N) is 5. The van der Waals surface area contributed by atoms with E-state index in [2.05, 4.69) is 20.3 Å². The van der Waals surface area contributed by atoms with Crippen LogP contribution in [0.5, 0.6) is 0 Å². The smallest absolute Gasteiger partial charge is 0.295 e. The number of rotatable bonds is 6. The Hall–Kier alpha value is -3.22. The Balaban J connectivity index is 1.98. The van der Waals surface area contributed by atoms with Crippen molar-refractivity contribution in [2.24, 2.45) is 0 Å². The van der Waals surface area contributed by atoms with Crippen LogP contribution in [0.1, 0.15) is 28.1 Å². The van der Waals surface area contributed by atoms with E-state index >= 15 is 0 Å². The number of sulfone groups is 1. The summed E-state index contributed by atoms with van der Waals surface area (Å²) >= 11 is -0.308. The molecule has 1 N–H and O–H groups in total. The molecule has 190 valence electrons. The largest absolute Gasteiger partial charge is 0.460 e. The van der Waals surface area contributed by atoms with Gasteiger partial charge in [-0.15, -0.1) is 10.2 Å². The Morgan fingerprint density at radius 3 is 2.31 bits per heavy atom. The molecule has 0 fully saturated rings. The lowest BCUT2D eigenvalue weighted by molar-refractivity contribution is -0.289. The highest BCUT2D eigenvalue weighted by Crippen LogP contribution is 2.45. The fourth-order valence-electron chi connectivity index (χ4n) is 2.42. The Morgan fingerprint density at radius 1 is 1.11 bits per heavy atom. The van der Waals surface area contributed by atoms with Crippen LogP contribution in [0.3, 0.4) is 0 Å². The summed E-state index contributed by atoms with van der Waals surface area (Å²) in [6.45, 7) is 1.19. The number of amides is 1. The first-order valence-corrected chi connectivity index (χ1v) is 11.4. The molecular formula is C16H10F8N6O3S2. The molecule has 35 heavy (non-hydrogen) atoms. The summed E-state index contributed by atoms with van der Waals surface area (Å²) in [6, 6.07) is 1.41. The van der Waals surface area contributed by atoms with Gasteiger partial charge in [-0.25, -0.2) is 18.1 Å². The first kappa shape index (κ1) is 26.4. The van der Waals surface area contributed by atoms with Gasteiger partial charge in [0.2, 0.25) is 5.13 Å². The zero-order chi connectivity index (χ0) is 26.4. The average molecular weight is 550 g/mol. The minimum absolute atomic E-state index is 0.271. The van der Waals surface area contributed by atoms with Crippen molar-refractivity contribution in [1.82, 2.24) is 25.0 Å². The van der Waals surface area contributed by atoms with Crippen LogP contribution in [-0.2, 0) is 21.9 Å². The Kier molecular flexibility index (Phi) is 6.61. The summed E-state index contributed by atoms with van der Waals surface area (Å²) in [4.78, 5) is 15.4. The number of anilines is 1. The van der Waals surface area contributed by atoms with Crippen molar-refractivity contribution in [2.75, 3.05) is 11.1 Å². The first-order chi connectivity index (χ1) is 16.0. The van der Waals surface area contributed by atoms with Crippen molar-refractivity contribution in [3.63, 3.8) is 0 Å². The highest BCUT2D eigenvalue weighted by atomic mass is 32.2. The predicted molar refractivity (Wildman–Crippen MR) is 102 cm³/mol. The maximum Gasteiger partial charge on any atom is 0.460 e. The molecule has 9 nitrogen and oxygen atoms in total. The van der Waals surface area contributed by atoms with Gasteiger partial charge in [0.15, 0.2) is 20.5 Å². The van der Waals surface area contributed by atoms with Gasteiger partial charge in [0.1, 0.15) is 10.6 Å². The van der Waals surface area contributed by atoms with Crippen molar-refractivity contribution in [2.45, 2.75) is 30.1 Å². The van der Waals surface area contributed by atoms with E-state index in [4.69, 9.17) is 0 Å². The van der Waals surface area contributed by atoms with Gasteiger partial charge in [-0.1, -0.05) is 18.3 Å². The zero-order valence-electron chi connectivity index (χ0n) is 16.8. The second-order valence-corrected chi connectivity index (χ2v) is 9.75. The molecule has 0 aliphatic carbocycles. The molecule has 3 rings (SSSR count). The molecule has 0 aliphatic heterocycles. The van der Waals surface area contributed by atoms with E-state index in [9.17, 15) is 48.3 Å². The molecule has 0 aliphatic rings. The molecule has 3 aromatic heterocycles. The third kappa shape index (κ3) is 5.24. The second-order valence-electron chi connectivity index (χ2n) is 6.53. The van der Waals surface area contributed by atoms with Crippen LogP contribution in [0.15, 0.2) is 29.4 Å².